The minimum absolute atomic E-state index is 0.0860. The topological polar surface area (TPSA) is 120 Å². The number of pyridine rings is 1. The number of nitro groups is 1. The van der Waals surface area contributed by atoms with E-state index in [1.807, 2.05) is 6.08 Å². The number of imidazole rings is 1. The summed E-state index contributed by atoms with van der Waals surface area (Å²) in [5.74, 6) is 1.11. The molecule has 1 fully saturated rings. The largest absolute Gasteiger partial charge is 0.337 e. The first-order chi connectivity index (χ1) is 12.1. The van der Waals surface area contributed by atoms with E-state index in [-0.39, 0.29) is 6.54 Å². The highest BCUT2D eigenvalue weighted by molar-refractivity contribution is 5.79. The Labute approximate surface area is 141 Å². The smallest absolute Gasteiger partial charge is 0.334 e. The monoisotopic (exact) mass is 338 g/mol. The first kappa shape index (κ1) is 15.2. The van der Waals surface area contributed by atoms with Crippen LogP contribution in [-0.4, -0.2) is 29.4 Å². The van der Waals surface area contributed by atoms with Gasteiger partial charge in [0, 0.05) is 12.3 Å². The number of fused-ring (bicyclic) bond motifs is 1. The van der Waals surface area contributed by atoms with Crippen LogP contribution in [-0.2, 0) is 6.54 Å². The van der Waals surface area contributed by atoms with Crippen molar-refractivity contribution in [2.24, 2.45) is 5.92 Å². The maximum Gasteiger partial charge on any atom is 0.334 e. The SMILES string of the molecule is O=c1c([N+](=O)[O-])cccn1Cc1nc2ncnc(/C=C/C3CC3)c2[nH]1. The molecule has 1 N–H and O–H groups in total. The summed E-state index contributed by atoms with van der Waals surface area (Å²) in [7, 11) is 0. The molecule has 3 aromatic rings. The molecule has 3 heterocycles. The number of hydrogen-bond donors (Lipinski definition) is 1. The van der Waals surface area contributed by atoms with Gasteiger partial charge < -0.3 is 9.55 Å². The maximum absolute atomic E-state index is 12.1. The Balaban J connectivity index is 1.69. The molecule has 0 spiro atoms. The van der Waals surface area contributed by atoms with Crippen LogP contribution in [0.4, 0.5) is 5.69 Å². The van der Waals surface area contributed by atoms with E-state index in [0.717, 1.165) is 5.69 Å². The molecule has 1 aliphatic rings. The minimum atomic E-state index is -0.691. The summed E-state index contributed by atoms with van der Waals surface area (Å²) >= 11 is 0. The molecule has 0 atom stereocenters. The Morgan fingerprint density at radius 3 is 3.00 bits per heavy atom. The number of nitrogens with one attached hydrogen (secondary N) is 1. The van der Waals surface area contributed by atoms with Gasteiger partial charge in [-0.25, -0.2) is 15.0 Å². The van der Waals surface area contributed by atoms with Gasteiger partial charge in [-0.1, -0.05) is 6.08 Å². The van der Waals surface area contributed by atoms with Crippen molar-refractivity contribution in [2.75, 3.05) is 0 Å². The van der Waals surface area contributed by atoms with E-state index >= 15 is 0 Å². The number of allylic oxidation sites excluding steroid dienone is 1. The quantitative estimate of drug-likeness (QED) is 0.560. The van der Waals surface area contributed by atoms with Crippen LogP contribution in [0.15, 0.2) is 35.5 Å². The van der Waals surface area contributed by atoms with Gasteiger partial charge in [0.1, 0.15) is 17.7 Å². The summed E-state index contributed by atoms with van der Waals surface area (Å²) in [6.07, 6.45) is 9.40. The van der Waals surface area contributed by atoms with Crippen LogP contribution in [0, 0.1) is 16.0 Å². The van der Waals surface area contributed by atoms with Crippen LogP contribution in [0.1, 0.15) is 24.4 Å². The Morgan fingerprint density at radius 1 is 1.40 bits per heavy atom. The lowest BCUT2D eigenvalue weighted by Gasteiger charge is -2.02. The second kappa shape index (κ2) is 5.93. The van der Waals surface area contributed by atoms with Crippen molar-refractivity contribution in [3.8, 4) is 0 Å². The number of aromatic amines is 1. The number of hydrogen-bond acceptors (Lipinski definition) is 6. The van der Waals surface area contributed by atoms with Gasteiger partial charge in [0.15, 0.2) is 5.65 Å². The zero-order valence-corrected chi connectivity index (χ0v) is 13.1. The van der Waals surface area contributed by atoms with Gasteiger partial charge >= 0.3 is 11.2 Å². The molecule has 126 valence electrons. The molecule has 4 rings (SSSR count). The molecule has 0 saturated heterocycles. The highest BCUT2D eigenvalue weighted by Crippen LogP contribution is 2.31. The van der Waals surface area contributed by atoms with Crippen molar-refractivity contribution in [1.82, 2.24) is 24.5 Å². The number of rotatable bonds is 5. The molecule has 1 saturated carbocycles. The van der Waals surface area contributed by atoms with Gasteiger partial charge in [-0.15, -0.1) is 0 Å². The van der Waals surface area contributed by atoms with E-state index in [9.17, 15) is 14.9 Å². The number of nitrogens with zero attached hydrogens (tertiary/aromatic N) is 5. The fraction of sp³-hybridized carbons (Fsp3) is 0.250. The number of H-pyrrole nitrogens is 1. The van der Waals surface area contributed by atoms with Gasteiger partial charge in [-0.05, 0) is 30.9 Å². The van der Waals surface area contributed by atoms with Crippen LogP contribution in [0.5, 0.6) is 0 Å². The van der Waals surface area contributed by atoms with Crippen molar-refractivity contribution in [3.05, 3.63) is 62.7 Å². The summed E-state index contributed by atoms with van der Waals surface area (Å²) in [5, 5.41) is 10.9. The highest BCUT2D eigenvalue weighted by atomic mass is 16.6. The Morgan fingerprint density at radius 2 is 2.24 bits per heavy atom. The maximum atomic E-state index is 12.1. The zero-order chi connectivity index (χ0) is 17.4. The van der Waals surface area contributed by atoms with Gasteiger partial charge in [0.2, 0.25) is 0 Å². The van der Waals surface area contributed by atoms with E-state index in [0.29, 0.717) is 22.9 Å². The molecule has 0 radical (unpaired) electrons. The lowest BCUT2D eigenvalue weighted by atomic mass is 10.3. The molecule has 0 amide bonds. The number of aromatic nitrogens is 5. The molecule has 0 aliphatic heterocycles. The molecule has 0 unspecified atom stereocenters. The van der Waals surface area contributed by atoms with Crippen molar-refractivity contribution in [1.29, 1.82) is 0 Å². The van der Waals surface area contributed by atoms with Crippen molar-refractivity contribution in [3.63, 3.8) is 0 Å². The molecular formula is C16H14N6O3. The highest BCUT2D eigenvalue weighted by Gasteiger charge is 2.18. The molecule has 0 aromatic carbocycles. The standard InChI is InChI=1S/C16H14N6O3/c23-16-12(22(24)25)2-1-7-21(16)8-13-19-14-11(6-5-10-3-4-10)17-9-18-15(14)20-13/h1-2,5-7,9-10H,3-4,8H2,(H,17,18,19,20)/b6-5+. The second-order valence-corrected chi connectivity index (χ2v) is 5.92. The molecule has 25 heavy (non-hydrogen) atoms. The first-order valence-electron chi connectivity index (χ1n) is 7.83. The summed E-state index contributed by atoms with van der Waals surface area (Å²) in [5.41, 5.74) is 0.785. The zero-order valence-electron chi connectivity index (χ0n) is 13.1. The summed E-state index contributed by atoms with van der Waals surface area (Å²) in [6.45, 7) is 0.0860. The fourth-order valence-electron chi connectivity index (χ4n) is 2.56. The third-order valence-corrected chi connectivity index (χ3v) is 4.03. The predicted octanol–water partition coefficient (Wildman–Crippen LogP) is 1.89. The average Bonchev–Trinajstić information content (AvgIpc) is 3.32. The lowest BCUT2D eigenvalue weighted by Crippen LogP contribution is -2.22. The van der Waals surface area contributed by atoms with Gasteiger partial charge in [-0.3, -0.25) is 14.9 Å². The van der Waals surface area contributed by atoms with E-state index < -0.39 is 16.2 Å². The molecule has 0 bridgehead atoms. The Hall–Kier alpha value is -3.36. The van der Waals surface area contributed by atoms with Crippen LogP contribution in [0.3, 0.4) is 0 Å². The van der Waals surface area contributed by atoms with E-state index in [1.165, 1.54) is 42.1 Å². The molecule has 3 aromatic heterocycles. The third-order valence-electron chi connectivity index (χ3n) is 4.03. The summed E-state index contributed by atoms with van der Waals surface area (Å²) in [6, 6.07) is 2.65. The van der Waals surface area contributed by atoms with Crippen molar-refractivity contribution >= 4 is 22.9 Å². The second-order valence-electron chi connectivity index (χ2n) is 5.92. The van der Waals surface area contributed by atoms with Crippen LogP contribution >= 0.6 is 0 Å². The van der Waals surface area contributed by atoms with Crippen LogP contribution < -0.4 is 5.56 Å². The Kier molecular flexibility index (Phi) is 3.60. The van der Waals surface area contributed by atoms with E-state index in [4.69, 9.17) is 0 Å². The summed E-state index contributed by atoms with van der Waals surface area (Å²) in [4.78, 5) is 38.2. The Bertz CT molecular complexity index is 1050. The third kappa shape index (κ3) is 3.03. The normalized spacial score (nSPS) is 14.4. The van der Waals surface area contributed by atoms with Gasteiger partial charge in [0.05, 0.1) is 17.2 Å². The molecule has 1 aliphatic carbocycles. The fourth-order valence-corrected chi connectivity index (χ4v) is 2.56. The average molecular weight is 338 g/mol. The van der Waals surface area contributed by atoms with E-state index in [2.05, 4.69) is 26.0 Å². The first-order valence-corrected chi connectivity index (χ1v) is 7.83. The lowest BCUT2D eigenvalue weighted by molar-refractivity contribution is -0.386. The van der Waals surface area contributed by atoms with E-state index in [1.54, 1.807) is 0 Å². The van der Waals surface area contributed by atoms with Crippen molar-refractivity contribution < 1.29 is 4.92 Å². The van der Waals surface area contributed by atoms with Crippen LogP contribution in [0.2, 0.25) is 0 Å². The minimum Gasteiger partial charge on any atom is -0.337 e. The van der Waals surface area contributed by atoms with Gasteiger partial charge in [-0.2, -0.15) is 0 Å². The van der Waals surface area contributed by atoms with Gasteiger partial charge in [0.25, 0.3) is 0 Å². The predicted molar refractivity (Wildman–Crippen MR) is 89.9 cm³/mol. The summed E-state index contributed by atoms with van der Waals surface area (Å²) < 4.78 is 1.24. The van der Waals surface area contributed by atoms with Crippen molar-refractivity contribution in [2.45, 2.75) is 19.4 Å². The molecule has 9 nitrogen and oxygen atoms in total. The molecule has 9 heteroatoms. The van der Waals surface area contributed by atoms with Crippen LogP contribution in [0.25, 0.3) is 17.2 Å². The molecular weight excluding hydrogens is 324 g/mol.